The summed E-state index contributed by atoms with van der Waals surface area (Å²) in [4.78, 5) is 0. The summed E-state index contributed by atoms with van der Waals surface area (Å²) in [7, 11) is 0. The van der Waals surface area contributed by atoms with Gasteiger partial charge in [0.15, 0.2) is 0 Å². The van der Waals surface area contributed by atoms with E-state index in [4.69, 9.17) is 23.2 Å². The molecule has 0 aromatic heterocycles. The smallest absolute Gasteiger partial charge is 0.0474 e. The zero-order chi connectivity index (χ0) is 23.8. The molecule has 2 aromatic rings. The van der Waals surface area contributed by atoms with Gasteiger partial charge in [-0.25, -0.2) is 0 Å². The molecule has 3 rings (SSSR count). The van der Waals surface area contributed by atoms with Crippen molar-refractivity contribution in [1.82, 2.24) is 0 Å². The molecule has 2 aromatic carbocycles. The first-order valence-corrected chi connectivity index (χ1v) is 14.5. The predicted octanol–water partition coefficient (Wildman–Crippen LogP) is 10.6. The average Bonchev–Trinajstić information content (AvgIpc) is 3.12. The van der Waals surface area contributed by atoms with E-state index in [2.05, 4.69) is 64.1 Å². The first-order chi connectivity index (χ1) is 16.1. The molecule has 0 fully saturated rings. The lowest BCUT2D eigenvalue weighted by atomic mass is 9.65. The minimum absolute atomic E-state index is 0.0671. The summed E-state index contributed by atoms with van der Waals surface area (Å²) < 4.78 is 0. The van der Waals surface area contributed by atoms with Gasteiger partial charge in [0.1, 0.15) is 0 Å². The van der Waals surface area contributed by atoms with Crippen molar-refractivity contribution in [3.8, 4) is 11.1 Å². The number of unbranched alkanes of at least 4 members (excludes halogenated alkanes) is 2. The van der Waals surface area contributed by atoms with Gasteiger partial charge in [-0.2, -0.15) is 0 Å². The van der Waals surface area contributed by atoms with Crippen LogP contribution in [-0.4, -0.2) is 0 Å². The number of alkyl halides is 2. The Balaban J connectivity index is 2.20. The highest BCUT2D eigenvalue weighted by atomic mass is 35.5. The number of rotatable bonds is 14. The zero-order valence-electron chi connectivity index (χ0n) is 21.4. The van der Waals surface area contributed by atoms with E-state index in [1.54, 1.807) is 0 Å². The molecule has 182 valence electrons. The van der Waals surface area contributed by atoms with Crippen LogP contribution in [-0.2, 0) is 17.2 Å². The molecule has 0 saturated carbocycles. The lowest BCUT2D eigenvalue weighted by molar-refractivity contribution is 0.266. The zero-order valence-corrected chi connectivity index (χ0v) is 22.9. The molecule has 1 aliphatic rings. The number of fused-ring (bicyclic) bond motifs is 3. The Kier molecular flexibility index (Phi) is 10.2. The molecule has 0 saturated heterocycles. The second-order valence-corrected chi connectivity index (χ2v) is 10.9. The summed E-state index contributed by atoms with van der Waals surface area (Å²) in [5, 5.41) is 0. The second kappa shape index (κ2) is 12.6. The Labute approximate surface area is 213 Å². The van der Waals surface area contributed by atoms with Gasteiger partial charge >= 0.3 is 0 Å². The number of hydrogen-bond acceptors (Lipinski definition) is 0. The van der Waals surface area contributed by atoms with E-state index in [0.29, 0.717) is 11.8 Å². The molecule has 0 radical (unpaired) electrons. The van der Waals surface area contributed by atoms with Crippen LogP contribution in [0.5, 0.6) is 0 Å². The van der Waals surface area contributed by atoms with Crippen LogP contribution in [0.3, 0.4) is 0 Å². The summed E-state index contributed by atoms with van der Waals surface area (Å²) in [6.07, 6.45) is 12.8. The Morgan fingerprint density at radius 2 is 1.09 bits per heavy atom. The molecular weight excluding hydrogens is 443 g/mol. The highest BCUT2D eigenvalue weighted by molar-refractivity contribution is 6.17. The van der Waals surface area contributed by atoms with Crippen molar-refractivity contribution in [3.05, 3.63) is 58.7 Å². The topological polar surface area (TPSA) is 0 Å². The van der Waals surface area contributed by atoms with E-state index < -0.39 is 0 Å². The average molecular weight is 488 g/mol. The fraction of sp³-hybridized carbons (Fsp3) is 0.613. The predicted molar refractivity (Wildman–Crippen MR) is 148 cm³/mol. The fourth-order valence-electron chi connectivity index (χ4n) is 6.15. The molecule has 33 heavy (non-hydrogen) atoms. The maximum absolute atomic E-state index is 6.37. The summed E-state index contributed by atoms with van der Waals surface area (Å²) in [6.45, 7) is 9.42. The molecule has 0 nitrogen and oxygen atoms in total. The lowest BCUT2D eigenvalue weighted by Gasteiger charge is -2.39. The van der Waals surface area contributed by atoms with E-state index in [1.807, 2.05) is 0 Å². The monoisotopic (exact) mass is 486 g/mol. The van der Waals surface area contributed by atoms with Crippen LogP contribution in [0.4, 0.5) is 0 Å². The third-order valence-electron chi connectivity index (χ3n) is 8.16. The molecule has 0 spiro atoms. The SMILES string of the molecule is CCCCC(CC)CC1(CC(CC)CCCC)c2cc(CCl)ccc2-c2ccc(CCl)cc21. The highest BCUT2D eigenvalue weighted by Crippen LogP contribution is 2.56. The number of hydrogen-bond donors (Lipinski definition) is 0. The summed E-state index contributed by atoms with van der Waals surface area (Å²) in [5.74, 6) is 2.64. The van der Waals surface area contributed by atoms with Gasteiger partial charge in [0.05, 0.1) is 0 Å². The minimum Gasteiger partial charge on any atom is -0.122 e. The number of benzene rings is 2. The van der Waals surface area contributed by atoms with Crippen molar-refractivity contribution < 1.29 is 0 Å². The largest absolute Gasteiger partial charge is 0.122 e. The molecule has 2 heteroatoms. The van der Waals surface area contributed by atoms with E-state index in [0.717, 1.165) is 11.8 Å². The Morgan fingerprint density at radius 1 is 0.667 bits per heavy atom. The molecule has 0 N–H and O–H groups in total. The summed E-state index contributed by atoms with van der Waals surface area (Å²) in [6, 6.07) is 14.0. The Bertz CT molecular complexity index is 811. The van der Waals surface area contributed by atoms with Gasteiger partial charge in [0, 0.05) is 17.2 Å². The third-order valence-corrected chi connectivity index (χ3v) is 8.78. The summed E-state index contributed by atoms with van der Waals surface area (Å²) >= 11 is 12.7. The molecule has 0 aliphatic heterocycles. The van der Waals surface area contributed by atoms with Crippen molar-refractivity contribution in [2.45, 2.75) is 109 Å². The molecule has 0 bridgehead atoms. The van der Waals surface area contributed by atoms with Gasteiger partial charge in [0.2, 0.25) is 0 Å². The van der Waals surface area contributed by atoms with Gasteiger partial charge in [-0.15, -0.1) is 23.2 Å². The Hall–Kier alpha value is -0.980. The van der Waals surface area contributed by atoms with Crippen molar-refractivity contribution in [2.24, 2.45) is 11.8 Å². The van der Waals surface area contributed by atoms with Crippen molar-refractivity contribution in [2.75, 3.05) is 0 Å². The molecule has 2 atom stereocenters. The lowest BCUT2D eigenvalue weighted by Crippen LogP contribution is -2.31. The van der Waals surface area contributed by atoms with E-state index in [-0.39, 0.29) is 5.41 Å². The highest BCUT2D eigenvalue weighted by Gasteiger charge is 2.45. The third kappa shape index (κ3) is 5.82. The maximum atomic E-state index is 6.37. The van der Waals surface area contributed by atoms with Gasteiger partial charge in [-0.1, -0.05) is 115 Å². The second-order valence-electron chi connectivity index (χ2n) is 10.4. The van der Waals surface area contributed by atoms with Crippen LogP contribution in [0.25, 0.3) is 11.1 Å². The molecule has 0 heterocycles. The van der Waals surface area contributed by atoms with Crippen LogP contribution in [0, 0.1) is 11.8 Å². The van der Waals surface area contributed by atoms with Crippen LogP contribution in [0.1, 0.15) is 114 Å². The van der Waals surface area contributed by atoms with Gasteiger partial charge in [-0.3, -0.25) is 0 Å². The molecule has 0 amide bonds. The quantitative estimate of drug-likeness (QED) is 0.232. The first kappa shape index (κ1) is 26.6. The summed E-state index contributed by atoms with van der Waals surface area (Å²) in [5.41, 5.74) is 8.48. The van der Waals surface area contributed by atoms with Crippen LogP contribution in [0.2, 0.25) is 0 Å². The van der Waals surface area contributed by atoms with Gasteiger partial charge in [0.25, 0.3) is 0 Å². The van der Waals surface area contributed by atoms with E-state index in [1.165, 1.54) is 97.6 Å². The van der Waals surface area contributed by atoms with Crippen molar-refractivity contribution in [3.63, 3.8) is 0 Å². The van der Waals surface area contributed by atoms with Crippen LogP contribution in [0.15, 0.2) is 36.4 Å². The fourth-order valence-corrected chi connectivity index (χ4v) is 6.48. The molecule has 1 aliphatic carbocycles. The van der Waals surface area contributed by atoms with Gasteiger partial charge in [-0.05, 0) is 58.1 Å². The van der Waals surface area contributed by atoms with Crippen LogP contribution >= 0.6 is 23.2 Å². The standard InChI is InChI=1S/C31H44Cl2/c1-5-9-11-23(7-3)19-31(20-24(8-4)12-10-6-2)29-17-25(21-32)13-15-27(29)28-16-14-26(22-33)18-30(28)31/h13-18,23-24H,5-12,19-22H2,1-4H3. The molecule has 2 unspecified atom stereocenters. The van der Waals surface area contributed by atoms with Crippen LogP contribution < -0.4 is 0 Å². The van der Waals surface area contributed by atoms with E-state index >= 15 is 0 Å². The van der Waals surface area contributed by atoms with Crippen molar-refractivity contribution in [1.29, 1.82) is 0 Å². The van der Waals surface area contributed by atoms with Crippen molar-refractivity contribution >= 4 is 23.2 Å². The minimum atomic E-state index is 0.0671. The number of halogens is 2. The normalized spacial score (nSPS) is 15.8. The first-order valence-electron chi connectivity index (χ1n) is 13.5. The molecular formula is C31H44Cl2. The van der Waals surface area contributed by atoms with Gasteiger partial charge < -0.3 is 0 Å². The maximum Gasteiger partial charge on any atom is 0.0474 e. The Morgan fingerprint density at radius 3 is 1.42 bits per heavy atom. The van der Waals surface area contributed by atoms with E-state index in [9.17, 15) is 0 Å².